The lowest BCUT2D eigenvalue weighted by Gasteiger charge is -2.18. The summed E-state index contributed by atoms with van der Waals surface area (Å²) < 4.78 is 41.4. The minimum atomic E-state index is -1.06. The predicted octanol–water partition coefficient (Wildman–Crippen LogP) is 5.65. The molecule has 1 aliphatic rings. The van der Waals surface area contributed by atoms with E-state index in [0.717, 1.165) is 12.1 Å². The van der Waals surface area contributed by atoms with Crippen molar-refractivity contribution in [2.24, 2.45) is 0 Å². The van der Waals surface area contributed by atoms with Crippen molar-refractivity contribution >= 4 is 5.97 Å². The highest BCUT2D eigenvalue weighted by Gasteiger charge is 2.27. The molecule has 1 aliphatic heterocycles. The van der Waals surface area contributed by atoms with Crippen LogP contribution in [0, 0.1) is 25.5 Å². The van der Waals surface area contributed by atoms with Gasteiger partial charge in [0.2, 0.25) is 0 Å². The smallest absolute Gasteiger partial charge is 0.335 e. The molecular weight excluding hydrogens is 482 g/mol. The monoisotopic (exact) mass is 506 g/mol. The van der Waals surface area contributed by atoms with E-state index in [2.05, 4.69) is 0 Å². The van der Waals surface area contributed by atoms with Crippen molar-refractivity contribution in [1.82, 2.24) is 9.55 Å². The topological polar surface area (TPSA) is 94.6 Å². The second kappa shape index (κ2) is 9.74. The van der Waals surface area contributed by atoms with Gasteiger partial charge >= 0.3 is 5.97 Å². The van der Waals surface area contributed by atoms with Crippen LogP contribution in [-0.2, 0) is 4.74 Å². The summed E-state index contributed by atoms with van der Waals surface area (Å²) in [6.07, 6.45) is 2.97. The summed E-state index contributed by atoms with van der Waals surface area (Å²) in [7, 11) is 0. The van der Waals surface area contributed by atoms with Crippen LogP contribution in [0.4, 0.5) is 8.78 Å². The molecule has 5 rings (SSSR count). The Labute approximate surface area is 211 Å². The summed E-state index contributed by atoms with van der Waals surface area (Å²) >= 11 is 0. The first kappa shape index (κ1) is 24.6. The van der Waals surface area contributed by atoms with E-state index in [4.69, 9.17) is 14.1 Å². The zero-order valence-corrected chi connectivity index (χ0v) is 20.3. The standard InChI is InChI=1S/C28H24F2N2O5/c1-15-11-19(28(34)35)12-16(2)25(15)32-14-18(3-6-23(32)33)24-26(21-5-4-20(29)13-22(21)30)37-27(31-24)17-7-9-36-10-8-17/h3-6,11-14,17H,7-10H2,1-2H3,(H,34,35). The molecule has 0 bridgehead atoms. The number of oxazole rings is 1. The van der Waals surface area contributed by atoms with E-state index >= 15 is 0 Å². The number of benzene rings is 2. The molecule has 190 valence electrons. The first-order chi connectivity index (χ1) is 17.7. The van der Waals surface area contributed by atoms with Gasteiger partial charge in [-0.25, -0.2) is 18.6 Å². The fourth-order valence-electron chi connectivity index (χ4n) is 4.77. The number of aryl methyl sites for hydroxylation is 2. The van der Waals surface area contributed by atoms with E-state index in [1.165, 1.54) is 28.8 Å². The van der Waals surface area contributed by atoms with Crippen molar-refractivity contribution in [2.75, 3.05) is 13.2 Å². The number of rotatable bonds is 5. The summed E-state index contributed by atoms with van der Waals surface area (Å²) in [6, 6.07) is 9.19. The average Bonchev–Trinajstić information content (AvgIpc) is 3.30. The fraction of sp³-hybridized carbons (Fsp3) is 0.250. The fourth-order valence-corrected chi connectivity index (χ4v) is 4.77. The number of carboxylic acid groups (broad SMARTS) is 1. The summed E-state index contributed by atoms with van der Waals surface area (Å²) in [5, 5.41) is 9.38. The lowest BCUT2D eigenvalue weighted by atomic mass is 10.0. The molecule has 0 amide bonds. The van der Waals surface area contributed by atoms with Gasteiger partial charge in [-0.15, -0.1) is 0 Å². The van der Waals surface area contributed by atoms with Gasteiger partial charge in [-0.1, -0.05) is 0 Å². The SMILES string of the molecule is Cc1cc(C(=O)O)cc(C)c1-n1cc(-c2nc(C3CCOCC3)oc2-c2ccc(F)cc2F)ccc1=O. The van der Waals surface area contributed by atoms with Crippen LogP contribution in [0.25, 0.3) is 28.3 Å². The van der Waals surface area contributed by atoms with E-state index in [1.807, 2.05) is 0 Å². The Balaban J connectivity index is 1.69. The Morgan fingerprint density at radius 2 is 1.76 bits per heavy atom. The minimum absolute atomic E-state index is 0.0243. The van der Waals surface area contributed by atoms with Gasteiger partial charge < -0.3 is 14.3 Å². The van der Waals surface area contributed by atoms with Gasteiger partial charge in [0.25, 0.3) is 5.56 Å². The zero-order valence-electron chi connectivity index (χ0n) is 20.3. The summed E-state index contributed by atoms with van der Waals surface area (Å²) in [5.41, 5.74) is 2.39. The van der Waals surface area contributed by atoms with Crippen molar-refractivity contribution in [1.29, 1.82) is 0 Å². The van der Waals surface area contributed by atoms with Crippen LogP contribution in [-0.4, -0.2) is 33.8 Å². The molecular formula is C28H24F2N2O5. The molecule has 1 N–H and O–H groups in total. The molecule has 2 aromatic carbocycles. The average molecular weight is 507 g/mol. The van der Waals surface area contributed by atoms with Crippen LogP contribution in [0.3, 0.4) is 0 Å². The second-order valence-electron chi connectivity index (χ2n) is 9.13. The number of hydrogen-bond acceptors (Lipinski definition) is 5. The second-order valence-corrected chi connectivity index (χ2v) is 9.13. The molecule has 1 fully saturated rings. The van der Waals surface area contributed by atoms with Crippen molar-refractivity contribution in [3.05, 3.63) is 93.2 Å². The van der Waals surface area contributed by atoms with Crippen LogP contribution in [0.15, 0.2) is 57.9 Å². The number of nitrogens with zero attached hydrogens (tertiary/aromatic N) is 2. The van der Waals surface area contributed by atoms with Gasteiger partial charge in [-0.05, 0) is 68.1 Å². The number of ether oxygens (including phenoxy) is 1. The molecule has 0 aliphatic carbocycles. The van der Waals surface area contributed by atoms with Gasteiger partial charge in [0.1, 0.15) is 17.3 Å². The third kappa shape index (κ3) is 4.70. The Hall–Kier alpha value is -4.11. The highest BCUT2D eigenvalue weighted by molar-refractivity contribution is 5.88. The molecule has 37 heavy (non-hydrogen) atoms. The quantitative estimate of drug-likeness (QED) is 0.376. The number of aromatic carboxylic acids is 1. The van der Waals surface area contributed by atoms with Gasteiger partial charge in [-0.3, -0.25) is 9.36 Å². The molecule has 1 saturated heterocycles. The van der Waals surface area contributed by atoms with E-state index in [-0.39, 0.29) is 28.4 Å². The van der Waals surface area contributed by atoms with Crippen LogP contribution in [0.5, 0.6) is 0 Å². The lowest BCUT2D eigenvalue weighted by molar-refractivity contribution is 0.0696. The van der Waals surface area contributed by atoms with E-state index in [9.17, 15) is 23.5 Å². The maximum Gasteiger partial charge on any atom is 0.335 e. The Bertz CT molecular complexity index is 1540. The van der Waals surface area contributed by atoms with E-state index < -0.39 is 17.6 Å². The number of hydrogen-bond donors (Lipinski definition) is 1. The molecule has 4 aromatic rings. The third-order valence-corrected chi connectivity index (χ3v) is 6.55. The van der Waals surface area contributed by atoms with Crippen LogP contribution >= 0.6 is 0 Å². The lowest BCUT2D eigenvalue weighted by Crippen LogP contribution is -2.19. The summed E-state index contributed by atoms with van der Waals surface area (Å²) in [5.74, 6) is -2.03. The maximum absolute atomic E-state index is 14.8. The van der Waals surface area contributed by atoms with E-state index in [1.54, 1.807) is 26.1 Å². The predicted molar refractivity (Wildman–Crippen MR) is 132 cm³/mol. The third-order valence-electron chi connectivity index (χ3n) is 6.55. The van der Waals surface area contributed by atoms with Crippen molar-refractivity contribution < 1.29 is 27.8 Å². The van der Waals surface area contributed by atoms with Crippen molar-refractivity contribution in [2.45, 2.75) is 32.6 Å². The van der Waals surface area contributed by atoms with Crippen molar-refractivity contribution in [3.8, 4) is 28.3 Å². The summed E-state index contributed by atoms with van der Waals surface area (Å²) in [6.45, 7) is 4.57. The first-order valence-corrected chi connectivity index (χ1v) is 11.8. The van der Waals surface area contributed by atoms with Crippen LogP contribution in [0.1, 0.15) is 46.1 Å². The molecule has 0 radical (unpaired) electrons. The Kier molecular flexibility index (Phi) is 6.47. The molecule has 2 aromatic heterocycles. The van der Waals surface area contributed by atoms with Crippen LogP contribution < -0.4 is 5.56 Å². The normalized spacial score (nSPS) is 14.2. The van der Waals surface area contributed by atoms with E-state index in [0.29, 0.717) is 60.0 Å². The van der Waals surface area contributed by atoms with Gasteiger partial charge in [0, 0.05) is 43.0 Å². The molecule has 9 heteroatoms. The summed E-state index contributed by atoms with van der Waals surface area (Å²) in [4.78, 5) is 29.1. The van der Waals surface area contributed by atoms with Gasteiger partial charge in [0.05, 0.1) is 16.8 Å². The number of carbonyl (C=O) groups is 1. The largest absolute Gasteiger partial charge is 0.478 e. The minimum Gasteiger partial charge on any atom is -0.478 e. The van der Waals surface area contributed by atoms with Gasteiger partial charge in [0.15, 0.2) is 11.7 Å². The Morgan fingerprint density at radius 3 is 2.41 bits per heavy atom. The van der Waals surface area contributed by atoms with Gasteiger partial charge in [-0.2, -0.15) is 0 Å². The zero-order chi connectivity index (χ0) is 26.3. The van der Waals surface area contributed by atoms with Crippen LogP contribution in [0.2, 0.25) is 0 Å². The molecule has 0 unspecified atom stereocenters. The highest BCUT2D eigenvalue weighted by Crippen LogP contribution is 2.38. The molecule has 0 saturated carbocycles. The highest BCUT2D eigenvalue weighted by atomic mass is 19.1. The molecule has 0 atom stereocenters. The number of aromatic nitrogens is 2. The molecule has 7 nitrogen and oxygen atoms in total. The maximum atomic E-state index is 14.8. The van der Waals surface area contributed by atoms with Crippen molar-refractivity contribution in [3.63, 3.8) is 0 Å². The first-order valence-electron chi connectivity index (χ1n) is 11.8. The molecule has 0 spiro atoms. The number of pyridine rings is 1. The number of halogens is 2. The molecule has 3 heterocycles. The number of carboxylic acids is 1. The Morgan fingerprint density at radius 1 is 1.05 bits per heavy atom.